The minimum atomic E-state index is -0.563. The Bertz CT molecular complexity index is 775. The van der Waals surface area contributed by atoms with E-state index in [0.717, 1.165) is 22.6 Å². The zero-order valence-corrected chi connectivity index (χ0v) is 14.5. The molecule has 0 amide bonds. The van der Waals surface area contributed by atoms with E-state index in [2.05, 4.69) is 18.8 Å². The summed E-state index contributed by atoms with van der Waals surface area (Å²) in [4.78, 5) is 15.8. The SMILES string of the molecule is Cc1cc([N+](=O)[O-])ccc1N=c1scc([C@@H](C)O)n1CC(C)C. The first kappa shape index (κ1) is 17.4. The van der Waals surface area contributed by atoms with Crippen LogP contribution >= 0.6 is 11.3 Å². The highest BCUT2D eigenvalue weighted by Gasteiger charge is 2.13. The van der Waals surface area contributed by atoms with Crippen LogP contribution in [0.25, 0.3) is 0 Å². The number of hydrogen-bond donors (Lipinski definition) is 1. The topological polar surface area (TPSA) is 80.7 Å². The number of nitro benzene ring substituents is 1. The third-order valence-electron chi connectivity index (χ3n) is 3.41. The van der Waals surface area contributed by atoms with Crippen LogP contribution in [-0.2, 0) is 6.54 Å². The number of aryl methyl sites for hydroxylation is 1. The number of nitro groups is 1. The van der Waals surface area contributed by atoms with Crippen molar-refractivity contribution in [1.29, 1.82) is 0 Å². The summed E-state index contributed by atoms with van der Waals surface area (Å²) in [7, 11) is 0. The predicted octanol–water partition coefficient (Wildman–Crippen LogP) is 3.71. The highest BCUT2D eigenvalue weighted by Crippen LogP contribution is 2.24. The van der Waals surface area contributed by atoms with Gasteiger partial charge in [-0.15, -0.1) is 11.3 Å². The third kappa shape index (κ3) is 4.05. The van der Waals surface area contributed by atoms with Gasteiger partial charge in [0.15, 0.2) is 4.80 Å². The van der Waals surface area contributed by atoms with Gasteiger partial charge in [0, 0.05) is 24.1 Å². The second kappa shape index (κ2) is 7.06. The van der Waals surface area contributed by atoms with Crippen LogP contribution in [0.3, 0.4) is 0 Å². The van der Waals surface area contributed by atoms with Gasteiger partial charge in [0.2, 0.25) is 0 Å². The van der Waals surface area contributed by atoms with Crippen molar-refractivity contribution in [3.8, 4) is 0 Å². The van der Waals surface area contributed by atoms with Crippen LogP contribution in [-0.4, -0.2) is 14.6 Å². The summed E-state index contributed by atoms with van der Waals surface area (Å²) in [5.41, 5.74) is 2.35. The van der Waals surface area contributed by atoms with Gasteiger partial charge >= 0.3 is 0 Å². The van der Waals surface area contributed by atoms with E-state index in [1.54, 1.807) is 13.0 Å². The van der Waals surface area contributed by atoms with Gasteiger partial charge in [-0.3, -0.25) is 10.1 Å². The van der Waals surface area contributed by atoms with Crippen molar-refractivity contribution in [2.45, 2.75) is 40.3 Å². The summed E-state index contributed by atoms with van der Waals surface area (Å²) in [5.74, 6) is 0.416. The van der Waals surface area contributed by atoms with Crippen LogP contribution in [0.15, 0.2) is 28.6 Å². The maximum absolute atomic E-state index is 10.8. The molecule has 0 aliphatic heterocycles. The normalized spacial score (nSPS) is 13.6. The number of aliphatic hydroxyl groups excluding tert-OH is 1. The molecule has 2 aromatic rings. The van der Waals surface area contributed by atoms with Crippen molar-refractivity contribution in [2.24, 2.45) is 10.9 Å². The van der Waals surface area contributed by atoms with E-state index >= 15 is 0 Å². The Morgan fingerprint density at radius 1 is 1.39 bits per heavy atom. The van der Waals surface area contributed by atoms with Gasteiger partial charge in [0.05, 0.1) is 22.4 Å². The second-order valence-electron chi connectivity index (χ2n) is 5.96. The zero-order chi connectivity index (χ0) is 17.1. The molecule has 7 heteroatoms. The van der Waals surface area contributed by atoms with Crippen molar-refractivity contribution in [3.05, 3.63) is 49.8 Å². The van der Waals surface area contributed by atoms with Crippen molar-refractivity contribution in [2.75, 3.05) is 0 Å². The van der Waals surface area contributed by atoms with E-state index in [9.17, 15) is 15.2 Å². The second-order valence-corrected chi connectivity index (χ2v) is 6.80. The highest BCUT2D eigenvalue weighted by atomic mass is 32.1. The molecule has 0 saturated heterocycles. The number of thiazole rings is 1. The summed E-state index contributed by atoms with van der Waals surface area (Å²) in [6.45, 7) is 8.52. The Kier molecular flexibility index (Phi) is 5.33. The summed E-state index contributed by atoms with van der Waals surface area (Å²) >= 11 is 1.46. The van der Waals surface area contributed by atoms with Crippen LogP contribution in [0.5, 0.6) is 0 Å². The lowest BCUT2D eigenvalue weighted by Gasteiger charge is -2.13. The average Bonchev–Trinajstić information content (AvgIpc) is 2.83. The van der Waals surface area contributed by atoms with Crippen LogP contribution < -0.4 is 4.80 Å². The van der Waals surface area contributed by atoms with E-state index in [4.69, 9.17) is 0 Å². The van der Waals surface area contributed by atoms with Crippen LogP contribution in [0.4, 0.5) is 11.4 Å². The molecule has 0 aliphatic carbocycles. The largest absolute Gasteiger partial charge is 0.387 e. The lowest BCUT2D eigenvalue weighted by atomic mass is 10.2. The molecule has 2 rings (SSSR count). The van der Waals surface area contributed by atoms with E-state index in [1.165, 1.54) is 23.5 Å². The van der Waals surface area contributed by atoms with E-state index in [-0.39, 0.29) is 5.69 Å². The van der Waals surface area contributed by atoms with Crippen LogP contribution in [0.2, 0.25) is 0 Å². The van der Waals surface area contributed by atoms with E-state index in [0.29, 0.717) is 11.6 Å². The van der Waals surface area contributed by atoms with Gasteiger partial charge in [0.1, 0.15) is 0 Å². The Hall–Kier alpha value is -1.99. The fourth-order valence-corrected chi connectivity index (χ4v) is 3.30. The monoisotopic (exact) mass is 335 g/mol. The number of aromatic nitrogens is 1. The first-order valence-corrected chi connectivity index (χ1v) is 8.33. The molecule has 0 bridgehead atoms. The molecular formula is C16H21N3O3S. The third-order valence-corrected chi connectivity index (χ3v) is 4.29. The van der Waals surface area contributed by atoms with Gasteiger partial charge in [-0.05, 0) is 31.4 Å². The molecule has 0 aliphatic rings. The Balaban J connectivity index is 2.53. The minimum Gasteiger partial charge on any atom is -0.387 e. The summed E-state index contributed by atoms with van der Waals surface area (Å²) in [5, 5.41) is 22.6. The lowest BCUT2D eigenvalue weighted by molar-refractivity contribution is -0.384. The molecule has 1 aromatic heterocycles. The quantitative estimate of drug-likeness (QED) is 0.668. The number of aliphatic hydroxyl groups is 1. The fourth-order valence-electron chi connectivity index (χ4n) is 2.29. The van der Waals surface area contributed by atoms with E-state index in [1.807, 2.05) is 16.9 Å². The Labute approximate surface area is 138 Å². The van der Waals surface area contributed by atoms with Crippen molar-refractivity contribution >= 4 is 22.7 Å². The van der Waals surface area contributed by atoms with Gasteiger partial charge in [-0.2, -0.15) is 0 Å². The molecule has 0 fully saturated rings. The Morgan fingerprint density at radius 3 is 2.61 bits per heavy atom. The smallest absolute Gasteiger partial charge is 0.269 e. The molecule has 1 heterocycles. The molecule has 0 unspecified atom stereocenters. The fraction of sp³-hybridized carbons (Fsp3) is 0.438. The summed E-state index contributed by atoms with van der Waals surface area (Å²) in [6.07, 6.45) is -0.563. The number of hydrogen-bond acceptors (Lipinski definition) is 5. The number of non-ortho nitro benzene ring substituents is 1. The zero-order valence-electron chi connectivity index (χ0n) is 13.7. The summed E-state index contributed by atoms with van der Waals surface area (Å²) in [6, 6.07) is 4.64. The lowest BCUT2D eigenvalue weighted by Crippen LogP contribution is -2.21. The molecule has 1 atom stereocenters. The molecular weight excluding hydrogens is 314 g/mol. The number of benzene rings is 1. The molecule has 0 radical (unpaired) electrons. The highest BCUT2D eigenvalue weighted by molar-refractivity contribution is 7.07. The molecule has 0 spiro atoms. The van der Waals surface area contributed by atoms with Gasteiger partial charge in [-0.25, -0.2) is 4.99 Å². The first-order chi connectivity index (χ1) is 10.8. The molecule has 6 nitrogen and oxygen atoms in total. The van der Waals surface area contributed by atoms with Gasteiger partial charge in [0.25, 0.3) is 5.69 Å². The van der Waals surface area contributed by atoms with Crippen molar-refractivity contribution in [3.63, 3.8) is 0 Å². The Morgan fingerprint density at radius 2 is 2.09 bits per heavy atom. The number of nitrogens with zero attached hydrogens (tertiary/aromatic N) is 3. The van der Waals surface area contributed by atoms with Crippen LogP contribution in [0.1, 0.15) is 38.1 Å². The standard InChI is InChI=1S/C16H21N3O3S/c1-10(2)8-18-15(12(4)20)9-23-16(18)17-14-6-5-13(19(21)22)7-11(14)3/h5-7,9-10,12,20H,8H2,1-4H3/t12-/m1/s1. The summed E-state index contributed by atoms with van der Waals surface area (Å²) < 4.78 is 2.01. The maximum atomic E-state index is 10.8. The minimum absolute atomic E-state index is 0.0624. The van der Waals surface area contributed by atoms with Gasteiger partial charge < -0.3 is 9.67 Å². The number of rotatable bonds is 5. The molecule has 1 N–H and O–H groups in total. The maximum Gasteiger partial charge on any atom is 0.269 e. The van der Waals surface area contributed by atoms with Crippen LogP contribution in [0, 0.1) is 23.0 Å². The van der Waals surface area contributed by atoms with Crippen molar-refractivity contribution in [1.82, 2.24) is 4.57 Å². The molecule has 1 aromatic carbocycles. The first-order valence-electron chi connectivity index (χ1n) is 7.45. The van der Waals surface area contributed by atoms with E-state index < -0.39 is 11.0 Å². The van der Waals surface area contributed by atoms with Crippen molar-refractivity contribution < 1.29 is 10.0 Å². The molecule has 23 heavy (non-hydrogen) atoms. The predicted molar refractivity (Wildman–Crippen MR) is 90.8 cm³/mol. The molecule has 124 valence electrons. The molecule has 0 saturated carbocycles. The van der Waals surface area contributed by atoms with Gasteiger partial charge in [-0.1, -0.05) is 13.8 Å². The average molecular weight is 335 g/mol.